The van der Waals surface area contributed by atoms with E-state index in [0.29, 0.717) is 11.1 Å². The predicted molar refractivity (Wildman–Crippen MR) is 110 cm³/mol. The van der Waals surface area contributed by atoms with E-state index in [1.54, 1.807) is 55.6 Å². The topological polar surface area (TPSA) is 89.7 Å². The zero-order chi connectivity index (χ0) is 20.8. The first kappa shape index (κ1) is 19.8. The van der Waals surface area contributed by atoms with Gasteiger partial charge in [-0.05, 0) is 42.0 Å². The van der Waals surface area contributed by atoms with Crippen molar-refractivity contribution in [3.63, 3.8) is 0 Å². The molecule has 2 N–H and O–H groups in total. The van der Waals surface area contributed by atoms with E-state index in [1.165, 1.54) is 4.90 Å². The third-order valence-corrected chi connectivity index (χ3v) is 4.43. The van der Waals surface area contributed by atoms with Crippen LogP contribution in [0.2, 0.25) is 0 Å². The standard InChI is InChI=1S/C23H20N2O4/c1-25(18-7-3-2-4-8-18)22(27)19-9-5-6-10-20(19)23(28)29-15-16-11-13-17(14-12-16)21(24)26/h2-14H,15H2,1H3,(H2,24,26). The van der Waals surface area contributed by atoms with Crippen molar-refractivity contribution in [3.05, 3.63) is 101 Å². The van der Waals surface area contributed by atoms with Gasteiger partial charge in [-0.3, -0.25) is 9.59 Å². The Kier molecular flexibility index (Phi) is 6.04. The Morgan fingerprint density at radius 1 is 0.828 bits per heavy atom. The largest absolute Gasteiger partial charge is 0.457 e. The molecule has 0 radical (unpaired) electrons. The average molecular weight is 388 g/mol. The lowest BCUT2D eigenvalue weighted by atomic mass is 10.1. The number of hydrogen-bond donors (Lipinski definition) is 1. The van der Waals surface area contributed by atoms with Crippen LogP contribution in [0.5, 0.6) is 0 Å². The van der Waals surface area contributed by atoms with Crippen molar-refractivity contribution in [1.82, 2.24) is 0 Å². The van der Waals surface area contributed by atoms with Crippen LogP contribution in [0.15, 0.2) is 78.9 Å². The third kappa shape index (κ3) is 4.68. The second-order valence-electron chi connectivity index (χ2n) is 6.38. The average Bonchev–Trinajstić information content (AvgIpc) is 2.77. The highest BCUT2D eigenvalue weighted by molar-refractivity contribution is 6.11. The number of para-hydroxylation sites is 1. The Morgan fingerprint density at radius 3 is 2.03 bits per heavy atom. The maximum atomic E-state index is 12.9. The van der Waals surface area contributed by atoms with E-state index < -0.39 is 11.9 Å². The quantitative estimate of drug-likeness (QED) is 0.655. The van der Waals surface area contributed by atoms with Crippen LogP contribution in [0.25, 0.3) is 0 Å². The molecule has 0 unspecified atom stereocenters. The van der Waals surface area contributed by atoms with Gasteiger partial charge in [0.15, 0.2) is 0 Å². The first-order chi connectivity index (χ1) is 14.0. The molecule has 2 amide bonds. The molecule has 0 aromatic heterocycles. The highest BCUT2D eigenvalue weighted by Crippen LogP contribution is 2.18. The summed E-state index contributed by atoms with van der Waals surface area (Å²) in [5.74, 6) is -1.44. The zero-order valence-corrected chi connectivity index (χ0v) is 15.9. The molecule has 0 heterocycles. The molecule has 6 nitrogen and oxygen atoms in total. The van der Waals surface area contributed by atoms with Crippen molar-refractivity contribution in [2.45, 2.75) is 6.61 Å². The fourth-order valence-electron chi connectivity index (χ4n) is 2.79. The van der Waals surface area contributed by atoms with Gasteiger partial charge in [0.2, 0.25) is 5.91 Å². The second-order valence-corrected chi connectivity index (χ2v) is 6.38. The van der Waals surface area contributed by atoms with Crippen molar-refractivity contribution in [1.29, 1.82) is 0 Å². The van der Waals surface area contributed by atoms with Crippen LogP contribution in [0.4, 0.5) is 5.69 Å². The Balaban J connectivity index is 1.74. The Bertz CT molecular complexity index is 1030. The Labute approximate surface area is 168 Å². The smallest absolute Gasteiger partial charge is 0.339 e. The monoisotopic (exact) mass is 388 g/mol. The van der Waals surface area contributed by atoms with Crippen LogP contribution in [-0.4, -0.2) is 24.8 Å². The summed E-state index contributed by atoms with van der Waals surface area (Å²) in [7, 11) is 1.65. The SMILES string of the molecule is CN(C(=O)c1ccccc1C(=O)OCc1ccc(C(N)=O)cc1)c1ccccc1. The van der Waals surface area contributed by atoms with Crippen molar-refractivity contribution in [2.24, 2.45) is 5.73 Å². The zero-order valence-electron chi connectivity index (χ0n) is 15.9. The number of carbonyl (C=O) groups is 3. The number of carbonyl (C=O) groups excluding carboxylic acids is 3. The summed E-state index contributed by atoms with van der Waals surface area (Å²) in [6.45, 7) is 0.00885. The number of ether oxygens (including phenoxy) is 1. The van der Waals surface area contributed by atoms with Crippen LogP contribution < -0.4 is 10.6 Å². The summed E-state index contributed by atoms with van der Waals surface area (Å²) < 4.78 is 5.36. The number of benzene rings is 3. The molecular formula is C23H20N2O4. The maximum Gasteiger partial charge on any atom is 0.339 e. The summed E-state index contributed by atoms with van der Waals surface area (Å²) in [6, 6.07) is 22.2. The fraction of sp³-hybridized carbons (Fsp3) is 0.0870. The maximum absolute atomic E-state index is 12.9. The van der Waals surface area contributed by atoms with E-state index in [0.717, 1.165) is 5.69 Å². The molecule has 29 heavy (non-hydrogen) atoms. The van der Waals surface area contributed by atoms with Crippen molar-refractivity contribution >= 4 is 23.5 Å². The van der Waals surface area contributed by atoms with E-state index in [4.69, 9.17) is 10.5 Å². The van der Waals surface area contributed by atoms with E-state index >= 15 is 0 Å². The van der Waals surface area contributed by atoms with Gasteiger partial charge in [0.05, 0.1) is 11.1 Å². The molecule has 0 aliphatic heterocycles. The lowest BCUT2D eigenvalue weighted by Gasteiger charge is -2.18. The number of hydrogen-bond acceptors (Lipinski definition) is 4. The van der Waals surface area contributed by atoms with Gasteiger partial charge in [-0.25, -0.2) is 4.79 Å². The first-order valence-corrected chi connectivity index (χ1v) is 8.95. The molecular weight excluding hydrogens is 368 g/mol. The molecule has 3 rings (SSSR count). The molecule has 3 aromatic rings. The van der Waals surface area contributed by atoms with Gasteiger partial charge >= 0.3 is 5.97 Å². The minimum atomic E-state index is -0.602. The van der Waals surface area contributed by atoms with Gasteiger partial charge in [0, 0.05) is 18.3 Å². The molecule has 0 aliphatic carbocycles. The van der Waals surface area contributed by atoms with Crippen LogP contribution in [0, 0.1) is 0 Å². The van der Waals surface area contributed by atoms with Crippen molar-refractivity contribution in [2.75, 3.05) is 11.9 Å². The lowest BCUT2D eigenvalue weighted by molar-refractivity contribution is 0.0469. The van der Waals surface area contributed by atoms with Gasteiger partial charge in [0.1, 0.15) is 6.61 Å². The molecule has 0 atom stereocenters. The summed E-state index contributed by atoms with van der Waals surface area (Å²) >= 11 is 0. The van der Waals surface area contributed by atoms with Crippen molar-refractivity contribution < 1.29 is 19.1 Å². The molecule has 146 valence electrons. The van der Waals surface area contributed by atoms with Gasteiger partial charge in [-0.2, -0.15) is 0 Å². The number of anilines is 1. The first-order valence-electron chi connectivity index (χ1n) is 8.95. The number of rotatable bonds is 6. The molecule has 0 bridgehead atoms. The van der Waals surface area contributed by atoms with E-state index in [1.807, 2.05) is 30.3 Å². The molecule has 0 saturated heterocycles. The summed E-state index contributed by atoms with van der Waals surface area (Å²) in [5.41, 5.74) is 7.45. The van der Waals surface area contributed by atoms with E-state index in [-0.39, 0.29) is 23.6 Å². The summed E-state index contributed by atoms with van der Waals surface area (Å²) in [4.78, 5) is 38.1. The van der Waals surface area contributed by atoms with Gasteiger partial charge in [-0.1, -0.05) is 42.5 Å². The van der Waals surface area contributed by atoms with Gasteiger partial charge in [-0.15, -0.1) is 0 Å². The Hall–Kier alpha value is -3.93. The van der Waals surface area contributed by atoms with Gasteiger partial charge in [0.25, 0.3) is 5.91 Å². The van der Waals surface area contributed by atoms with Crippen LogP contribution in [0.1, 0.15) is 36.6 Å². The second kappa shape index (κ2) is 8.84. The molecule has 0 spiro atoms. The fourth-order valence-corrected chi connectivity index (χ4v) is 2.79. The predicted octanol–water partition coefficient (Wildman–Crippen LogP) is 3.42. The lowest BCUT2D eigenvalue weighted by Crippen LogP contribution is -2.28. The molecule has 0 saturated carbocycles. The van der Waals surface area contributed by atoms with Crippen LogP contribution in [0.3, 0.4) is 0 Å². The Morgan fingerprint density at radius 2 is 1.41 bits per heavy atom. The minimum Gasteiger partial charge on any atom is -0.457 e. The summed E-state index contributed by atoms with van der Waals surface area (Å²) in [5, 5.41) is 0. The molecule has 0 aliphatic rings. The number of nitrogens with zero attached hydrogens (tertiary/aromatic N) is 1. The van der Waals surface area contributed by atoms with E-state index in [2.05, 4.69) is 0 Å². The third-order valence-electron chi connectivity index (χ3n) is 4.43. The molecule has 6 heteroatoms. The van der Waals surface area contributed by atoms with Crippen molar-refractivity contribution in [3.8, 4) is 0 Å². The molecule has 0 fully saturated rings. The molecule has 3 aromatic carbocycles. The van der Waals surface area contributed by atoms with Crippen LogP contribution in [-0.2, 0) is 11.3 Å². The number of esters is 1. The normalized spacial score (nSPS) is 10.2. The summed E-state index contributed by atoms with van der Waals surface area (Å²) in [6.07, 6.45) is 0. The number of nitrogens with two attached hydrogens (primary N) is 1. The highest BCUT2D eigenvalue weighted by Gasteiger charge is 2.21. The minimum absolute atomic E-state index is 0.00885. The van der Waals surface area contributed by atoms with E-state index in [9.17, 15) is 14.4 Å². The highest BCUT2D eigenvalue weighted by atomic mass is 16.5. The number of primary amides is 1. The number of amides is 2. The van der Waals surface area contributed by atoms with Gasteiger partial charge < -0.3 is 15.4 Å². The van der Waals surface area contributed by atoms with Crippen LogP contribution >= 0.6 is 0 Å².